The first kappa shape index (κ1) is 19.1. The first-order valence-corrected chi connectivity index (χ1v) is 10.9. The van der Waals surface area contributed by atoms with Crippen molar-refractivity contribution < 1.29 is 17.7 Å². The van der Waals surface area contributed by atoms with Gasteiger partial charge in [0, 0.05) is 24.5 Å². The zero-order valence-electron chi connectivity index (χ0n) is 14.9. The van der Waals surface area contributed by atoms with Crippen molar-refractivity contribution in [2.45, 2.75) is 38.0 Å². The lowest BCUT2D eigenvalue weighted by Gasteiger charge is -2.31. The minimum absolute atomic E-state index is 0.0831. The van der Waals surface area contributed by atoms with Crippen LogP contribution in [0.25, 0.3) is 0 Å². The van der Waals surface area contributed by atoms with Crippen molar-refractivity contribution in [3.05, 3.63) is 33.8 Å². The number of piperidine rings is 1. The molecule has 0 bridgehead atoms. The van der Waals surface area contributed by atoms with E-state index in [4.69, 9.17) is 4.52 Å². The molecule has 9 heteroatoms. The summed E-state index contributed by atoms with van der Waals surface area (Å²) in [7, 11) is -3.70. The number of amides is 1. The van der Waals surface area contributed by atoms with E-state index in [-0.39, 0.29) is 29.0 Å². The SMILES string of the molecule is Cc1noc(C)c1S(=O)(=O)N1CCC[C@H](C(=O)NCCc2cccs2)C1. The molecule has 3 heterocycles. The van der Waals surface area contributed by atoms with E-state index < -0.39 is 10.0 Å². The van der Waals surface area contributed by atoms with Gasteiger partial charge < -0.3 is 9.84 Å². The van der Waals surface area contributed by atoms with Gasteiger partial charge in [-0.3, -0.25) is 4.79 Å². The zero-order chi connectivity index (χ0) is 18.7. The molecule has 142 valence electrons. The minimum Gasteiger partial charge on any atom is -0.360 e. The van der Waals surface area contributed by atoms with E-state index in [0.717, 1.165) is 6.42 Å². The predicted octanol–water partition coefficient (Wildman–Crippen LogP) is 2.11. The third kappa shape index (κ3) is 3.99. The molecule has 1 fully saturated rings. The summed E-state index contributed by atoms with van der Waals surface area (Å²) in [6, 6.07) is 4.02. The Balaban J connectivity index is 1.62. The summed E-state index contributed by atoms with van der Waals surface area (Å²) < 4.78 is 32.2. The summed E-state index contributed by atoms with van der Waals surface area (Å²) in [6.45, 7) is 4.36. The van der Waals surface area contributed by atoms with Crippen molar-refractivity contribution in [2.24, 2.45) is 5.92 Å². The molecule has 1 amide bonds. The minimum atomic E-state index is -3.70. The Hall–Kier alpha value is -1.71. The van der Waals surface area contributed by atoms with Gasteiger partial charge in [-0.2, -0.15) is 4.31 Å². The number of nitrogens with zero attached hydrogens (tertiary/aromatic N) is 2. The van der Waals surface area contributed by atoms with Gasteiger partial charge in [-0.05, 0) is 44.6 Å². The molecule has 1 atom stereocenters. The van der Waals surface area contributed by atoms with Crippen molar-refractivity contribution in [3.63, 3.8) is 0 Å². The third-order valence-corrected chi connectivity index (χ3v) is 7.62. The van der Waals surface area contributed by atoms with Crippen LogP contribution in [0.4, 0.5) is 0 Å². The normalized spacial score (nSPS) is 18.8. The van der Waals surface area contributed by atoms with Crippen LogP contribution in [0.2, 0.25) is 0 Å². The second-order valence-corrected chi connectivity index (χ2v) is 9.38. The maximum atomic E-state index is 12.9. The van der Waals surface area contributed by atoms with Gasteiger partial charge in [-0.25, -0.2) is 8.42 Å². The first-order chi connectivity index (χ1) is 12.4. The number of sulfonamides is 1. The highest BCUT2D eigenvalue weighted by Crippen LogP contribution is 2.27. The largest absolute Gasteiger partial charge is 0.360 e. The highest BCUT2D eigenvalue weighted by molar-refractivity contribution is 7.89. The Morgan fingerprint density at radius 1 is 1.46 bits per heavy atom. The van der Waals surface area contributed by atoms with Gasteiger partial charge in [0.15, 0.2) is 5.76 Å². The van der Waals surface area contributed by atoms with E-state index in [1.54, 1.807) is 25.2 Å². The molecule has 0 saturated carbocycles. The summed E-state index contributed by atoms with van der Waals surface area (Å²) in [5, 5.41) is 8.68. The summed E-state index contributed by atoms with van der Waals surface area (Å²) in [5.74, 6) is -0.132. The quantitative estimate of drug-likeness (QED) is 0.806. The summed E-state index contributed by atoms with van der Waals surface area (Å²) in [6.07, 6.45) is 2.14. The molecule has 0 spiro atoms. The van der Waals surface area contributed by atoms with Crippen LogP contribution in [0.1, 0.15) is 29.2 Å². The van der Waals surface area contributed by atoms with Gasteiger partial charge in [0.05, 0.1) is 5.92 Å². The van der Waals surface area contributed by atoms with Crippen LogP contribution in [-0.4, -0.2) is 43.4 Å². The van der Waals surface area contributed by atoms with Crippen LogP contribution in [0.3, 0.4) is 0 Å². The van der Waals surface area contributed by atoms with Gasteiger partial charge in [-0.15, -0.1) is 11.3 Å². The molecule has 1 saturated heterocycles. The molecule has 0 aliphatic carbocycles. The Bertz CT molecular complexity index is 839. The second kappa shape index (κ2) is 7.89. The summed E-state index contributed by atoms with van der Waals surface area (Å²) in [4.78, 5) is 13.8. The number of aromatic nitrogens is 1. The fourth-order valence-electron chi connectivity index (χ4n) is 3.25. The number of nitrogens with one attached hydrogen (secondary N) is 1. The number of rotatable bonds is 6. The number of carbonyl (C=O) groups excluding carboxylic acids is 1. The number of aryl methyl sites for hydroxylation is 2. The van der Waals surface area contributed by atoms with Crippen molar-refractivity contribution in [1.29, 1.82) is 0 Å². The fraction of sp³-hybridized carbons (Fsp3) is 0.529. The second-order valence-electron chi connectivity index (χ2n) is 6.48. The van der Waals surface area contributed by atoms with Crippen molar-refractivity contribution >= 4 is 27.3 Å². The number of thiophene rings is 1. The van der Waals surface area contributed by atoms with Crippen molar-refractivity contribution in [1.82, 2.24) is 14.8 Å². The van der Waals surface area contributed by atoms with Gasteiger partial charge in [-0.1, -0.05) is 11.2 Å². The molecule has 0 unspecified atom stereocenters. The zero-order valence-corrected chi connectivity index (χ0v) is 16.5. The molecule has 0 radical (unpaired) electrons. The summed E-state index contributed by atoms with van der Waals surface area (Å²) in [5.41, 5.74) is 0.352. The Morgan fingerprint density at radius 3 is 2.92 bits per heavy atom. The number of hydrogen-bond donors (Lipinski definition) is 1. The maximum Gasteiger partial charge on any atom is 0.248 e. The molecule has 0 aromatic carbocycles. The molecule has 2 aromatic rings. The first-order valence-electron chi connectivity index (χ1n) is 8.62. The van der Waals surface area contributed by atoms with E-state index in [1.807, 2.05) is 17.5 Å². The van der Waals surface area contributed by atoms with Crippen molar-refractivity contribution in [2.75, 3.05) is 19.6 Å². The van der Waals surface area contributed by atoms with E-state index in [0.29, 0.717) is 31.6 Å². The number of hydrogen-bond acceptors (Lipinski definition) is 6. The van der Waals surface area contributed by atoms with Gasteiger partial charge >= 0.3 is 0 Å². The van der Waals surface area contributed by atoms with E-state index in [1.165, 1.54) is 9.18 Å². The monoisotopic (exact) mass is 397 g/mol. The lowest BCUT2D eigenvalue weighted by molar-refractivity contribution is -0.126. The van der Waals surface area contributed by atoms with E-state index >= 15 is 0 Å². The molecule has 7 nitrogen and oxygen atoms in total. The van der Waals surface area contributed by atoms with E-state index in [2.05, 4.69) is 10.5 Å². The van der Waals surface area contributed by atoms with Crippen LogP contribution < -0.4 is 5.32 Å². The van der Waals surface area contributed by atoms with Crippen LogP contribution in [0.15, 0.2) is 26.9 Å². The molecule has 26 heavy (non-hydrogen) atoms. The molecule has 1 aliphatic rings. The third-order valence-electron chi connectivity index (χ3n) is 4.57. The molecule has 2 aromatic heterocycles. The highest BCUT2D eigenvalue weighted by Gasteiger charge is 2.36. The lowest BCUT2D eigenvalue weighted by Crippen LogP contribution is -2.45. The van der Waals surface area contributed by atoms with Gasteiger partial charge in [0.1, 0.15) is 10.6 Å². The summed E-state index contributed by atoms with van der Waals surface area (Å²) >= 11 is 1.66. The Kier molecular flexibility index (Phi) is 5.79. The average Bonchev–Trinajstić information content (AvgIpc) is 3.25. The lowest BCUT2D eigenvalue weighted by atomic mass is 9.99. The molecular weight excluding hydrogens is 374 g/mol. The van der Waals surface area contributed by atoms with Gasteiger partial charge in [0.25, 0.3) is 0 Å². The van der Waals surface area contributed by atoms with Crippen LogP contribution >= 0.6 is 11.3 Å². The maximum absolute atomic E-state index is 12.9. The standard InChI is InChI=1S/C17H23N3O4S2/c1-12-16(13(2)24-19-12)26(22,23)20-9-3-5-14(11-20)17(21)18-8-7-15-6-4-10-25-15/h4,6,10,14H,3,5,7-9,11H2,1-2H3,(H,18,21)/t14-/m0/s1. The van der Waals surface area contributed by atoms with Crippen LogP contribution in [-0.2, 0) is 21.2 Å². The van der Waals surface area contributed by atoms with Crippen LogP contribution in [0.5, 0.6) is 0 Å². The smallest absolute Gasteiger partial charge is 0.248 e. The Labute approximate surface area is 157 Å². The molecular formula is C17H23N3O4S2. The molecule has 1 aliphatic heterocycles. The Morgan fingerprint density at radius 2 is 2.27 bits per heavy atom. The fourth-order valence-corrected chi connectivity index (χ4v) is 5.78. The molecule has 3 rings (SSSR count). The number of carbonyl (C=O) groups is 1. The topological polar surface area (TPSA) is 92.5 Å². The predicted molar refractivity (Wildman–Crippen MR) is 98.5 cm³/mol. The molecule has 1 N–H and O–H groups in total. The average molecular weight is 398 g/mol. The van der Waals surface area contributed by atoms with Crippen LogP contribution in [0, 0.1) is 19.8 Å². The van der Waals surface area contributed by atoms with E-state index in [9.17, 15) is 13.2 Å². The van der Waals surface area contributed by atoms with Crippen molar-refractivity contribution in [3.8, 4) is 0 Å². The highest BCUT2D eigenvalue weighted by atomic mass is 32.2. The van der Waals surface area contributed by atoms with Gasteiger partial charge in [0.2, 0.25) is 15.9 Å².